The van der Waals surface area contributed by atoms with Gasteiger partial charge in [-0.15, -0.1) is 0 Å². The summed E-state index contributed by atoms with van der Waals surface area (Å²) in [6, 6.07) is -0.114. The highest BCUT2D eigenvalue weighted by Crippen LogP contribution is 2.05. The first-order valence-corrected chi connectivity index (χ1v) is 8.12. The SMILES string of the molecule is CCCCCCCCOCC(NC(C)C)C(=O)OCC. The molecule has 0 rings (SSSR count). The van der Waals surface area contributed by atoms with E-state index in [2.05, 4.69) is 12.2 Å². The molecule has 0 heterocycles. The molecule has 4 heteroatoms. The molecular formula is C16H33NO3. The Morgan fingerprint density at radius 1 is 1.05 bits per heavy atom. The maximum absolute atomic E-state index is 11.8. The molecule has 120 valence electrons. The van der Waals surface area contributed by atoms with Crippen LogP contribution in [0.25, 0.3) is 0 Å². The van der Waals surface area contributed by atoms with Crippen molar-refractivity contribution in [2.75, 3.05) is 19.8 Å². The smallest absolute Gasteiger partial charge is 0.325 e. The molecule has 1 N–H and O–H groups in total. The molecule has 0 aromatic rings. The van der Waals surface area contributed by atoms with Gasteiger partial charge in [0.2, 0.25) is 0 Å². The van der Waals surface area contributed by atoms with Gasteiger partial charge in [0.05, 0.1) is 13.2 Å². The second-order valence-corrected chi connectivity index (χ2v) is 5.47. The van der Waals surface area contributed by atoms with E-state index in [1.807, 2.05) is 20.8 Å². The summed E-state index contributed by atoms with van der Waals surface area (Å²) in [4.78, 5) is 11.8. The summed E-state index contributed by atoms with van der Waals surface area (Å²) in [7, 11) is 0. The minimum atomic E-state index is -0.352. The lowest BCUT2D eigenvalue weighted by Crippen LogP contribution is -2.45. The second kappa shape index (κ2) is 13.4. The van der Waals surface area contributed by atoms with E-state index < -0.39 is 0 Å². The molecule has 0 radical (unpaired) electrons. The lowest BCUT2D eigenvalue weighted by molar-refractivity contribution is -0.147. The number of hydrogen-bond donors (Lipinski definition) is 1. The van der Waals surface area contributed by atoms with Crippen LogP contribution in [0.3, 0.4) is 0 Å². The van der Waals surface area contributed by atoms with Crippen molar-refractivity contribution in [3.05, 3.63) is 0 Å². The summed E-state index contributed by atoms with van der Waals surface area (Å²) < 4.78 is 10.7. The molecule has 0 aliphatic rings. The van der Waals surface area contributed by atoms with Gasteiger partial charge in [-0.25, -0.2) is 0 Å². The highest BCUT2D eigenvalue weighted by molar-refractivity contribution is 5.75. The molecule has 0 spiro atoms. The molecule has 0 saturated carbocycles. The van der Waals surface area contributed by atoms with Gasteiger partial charge >= 0.3 is 5.97 Å². The number of nitrogens with one attached hydrogen (secondary N) is 1. The van der Waals surface area contributed by atoms with Crippen molar-refractivity contribution in [2.24, 2.45) is 0 Å². The molecule has 0 aromatic heterocycles. The Morgan fingerprint density at radius 2 is 1.70 bits per heavy atom. The van der Waals surface area contributed by atoms with E-state index in [4.69, 9.17) is 9.47 Å². The van der Waals surface area contributed by atoms with Crippen LogP contribution in [0.5, 0.6) is 0 Å². The fourth-order valence-corrected chi connectivity index (χ4v) is 2.02. The van der Waals surface area contributed by atoms with Crippen LogP contribution in [0, 0.1) is 0 Å². The van der Waals surface area contributed by atoms with Gasteiger partial charge in [0.1, 0.15) is 6.04 Å². The number of esters is 1. The van der Waals surface area contributed by atoms with Gasteiger partial charge in [-0.1, -0.05) is 52.9 Å². The molecule has 1 unspecified atom stereocenters. The van der Waals surface area contributed by atoms with Crippen molar-refractivity contribution in [1.29, 1.82) is 0 Å². The van der Waals surface area contributed by atoms with Crippen LogP contribution < -0.4 is 5.32 Å². The minimum absolute atomic E-state index is 0.218. The highest BCUT2D eigenvalue weighted by Gasteiger charge is 2.20. The Balaban J connectivity index is 3.71. The molecule has 0 bridgehead atoms. The third kappa shape index (κ3) is 11.2. The maximum atomic E-state index is 11.8. The number of carbonyl (C=O) groups is 1. The zero-order chi connectivity index (χ0) is 15.2. The Kier molecular flexibility index (Phi) is 13.0. The van der Waals surface area contributed by atoms with Crippen molar-refractivity contribution in [3.8, 4) is 0 Å². The summed E-state index contributed by atoms with van der Waals surface area (Å²) in [6.45, 7) is 9.60. The maximum Gasteiger partial charge on any atom is 0.325 e. The number of carbonyl (C=O) groups excluding carboxylic acids is 1. The highest BCUT2D eigenvalue weighted by atomic mass is 16.5. The van der Waals surface area contributed by atoms with E-state index in [0.29, 0.717) is 13.2 Å². The monoisotopic (exact) mass is 287 g/mol. The fourth-order valence-electron chi connectivity index (χ4n) is 2.02. The van der Waals surface area contributed by atoms with Crippen molar-refractivity contribution in [2.45, 2.75) is 78.3 Å². The average molecular weight is 287 g/mol. The first kappa shape index (κ1) is 19.4. The predicted molar refractivity (Wildman–Crippen MR) is 82.9 cm³/mol. The van der Waals surface area contributed by atoms with E-state index in [1.54, 1.807) is 0 Å². The lowest BCUT2D eigenvalue weighted by Gasteiger charge is -2.19. The molecular weight excluding hydrogens is 254 g/mol. The molecule has 0 amide bonds. The van der Waals surface area contributed by atoms with E-state index in [9.17, 15) is 4.79 Å². The Bertz CT molecular complexity index is 232. The minimum Gasteiger partial charge on any atom is -0.465 e. The van der Waals surface area contributed by atoms with Crippen molar-refractivity contribution in [1.82, 2.24) is 5.32 Å². The van der Waals surface area contributed by atoms with Crippen LogP contribution in [-0.2, 0) is 14.3 Å². The summed E-state index contributed by atoms with van der Waals surface area (Å²) in [5.74, 6) is -0.218. The number of hydrogen-bond acceptors (Lipinski definition) is 4. The molecule has 1 atom stereocenters. The van der Waals surface area contributed by atoms with Crippen molar-refractivity contribution < 1.29 is 14.3 Å². The molecule has 0 saturated heterocycles. The van der Waals surface area contributed by atoms with Crippen LogP contribution in [-0.4, -0.2) is 37.9 Å². The van der Waals surface area contributed by atoms with Gasteiger partial charge in [0.25, 0.3) is 0 Å². The van der Waals surface area contributed by atoms with Crippen LogP contribution >= 0.6 is 0 Å². The molecule has 0 fully saturated rings. The van der Waals surface area contributed by atoms with E-state index in [1.165, 1.54) is 32.1 Å². The van der Waals surface area contributed by atoms with Gasteiger partial charge in [-0.05, 0) is 13.3 Å². The zero-order valence-corrected chi connectivity index (χ0v) is 13.7. The van der Waals surface area contributed by atoms with E-state index >= 15 is 0 Å². The summed E-state index contributed by atoms with van der Waals surface area (Å²) in [5, 5.41) is 3.18. The Hall–Kier alpha value is -0.610. The first-order chi connectivity index (χ1) is 9.61. The first-order valence-electron chi connectivity index (χ1n) is 8.12. The quantitative estimate of drug-likeness (QED) is 0.417. The van der Waals surface area contributed by atoms with Gasteiger partial charge in [-0.3, -0.25) is 4.79 Å². The third-order valence-electron chi connectivity index (χ3n) is 3.03. The largest absolute Gasteiger partial charge is 0.465 e. The molecule has 4 nitrogen and oxygen atoms in total. The predicted octanol–water partition coefficient (Wildman–Crippen LogP) is 3.29. The zero-order valence-electron chi connectivity index (χ0n) is 13.7. The summed E-state index contributed by atoms with van der Waals surface area (Å²) in [6.07, 6.45) is 7.48. The molecule has 0 aliphatic carbocycles. The Morgan fingerprint density at radius 3 is 2.30 bits per heavy atom. The standard InChI is InChI=1S/C16H33NO3/c1-5-7-8-9-10-11-12-19-13-15(17-14(3)4)16(18)20-6-2/h14-15,17H,5-13H2,1-4H3. The van der Waals surface area contributed by atoms with Crippen molar-refractivity contribution >= 4 is 5.97 Å². The fraction of sp³-hybridized carbons (Fsp3) is 0.938. The molecule has 0 aromatic carbocycles. The molecule has 0 aliphatic heterocycles. The number of unbranched alkanes of at least 4 members (excludes halogenated alkanes) is 5. The van der Waals surface area contributed by atoms with Gasteiger partial charge in [-0.2, -0.15) is 0 Å². The third-order valence-corrected chi connectivity index (χ3v) is 3.03. The van der Waals surface area contributed by atoms with Gasteiger partial charge in [0.15, 0.2) is 0 Å². The number of rotatable bonds is 13. The van der Waals surface area contributed by atoms with E-state index in [0.717, 1.165) is 13.0 Å². The number of ether oxygens (including phenoxy) is 2. The lowest BCUT2D eigenvalue weighted by atomic mass is 10.1. The van der Waals surface area contributed by atoms with Gasteiger partial charge < -0.3 is 14.8 Å². The van der Waals surface area contributed by atoms with Crippen LogP contribution in [0.1, 0.15) is 66.2 Å². The van der Waals surface area contributed by atoms with Crippen LogP contribution in [0.2, 0.25) is 0 Å². The summed E-state index contributed by atoms with van der Waals surface area (Å²) in [5.41, 5.74) is 0. The summed E-state index contributed by atoms with van der Waals surface area (Å²) >= 11 is 0. The molecule has 20 heavy (non-hydrogen) atoms. The van der Waals surface area contributed by atoms with Crippen LogP contribution in [0.4, 0.5) is 0 Å². The van der Waals surface area contributed by atoms with Gasteiger partial charge in [0, 0.05) is 12.6 Å². The normalized spacial score (nSPS) is 12.7. The topological polar surface area (TPSA) is 47.6 Å². The second-order valence-electron chi connectivity index (χ2n) is 5.47. The van der Waals surface area contributed by atoms with Crippen molar-refractivity contribution in [3.63, 3.8) is 0 Å². The average Bonchev–Trinajstić information content (AvgIpc) is 2.40. The van der Waals surface area contributed by atoms with E-state index in [-0.39, 0.29) is 18.1 Å². The van der Waals surface area contributed by atoms with Crippen LogP contribution in [0.15, 0.2) is 0 Å². The Labute approximate surface area is 124 Å².